The SMILES string of the molecule is CC(C)(C)OC(=O)N1CC(CCCCNc2cccc(SN)n2)CC1(C)C. The van der Waals surface area contributed by atoms with E-state index in [4.69, 9.17) is 9.88 Å². The number of carbonyl (C=O) groups excluding carboxylic acids is 1. The number of anilines is 1. The minimum Gasteiger partial charge on any atom is -0.444 e. The van der Waals surface area contributed by atoms with Crippen molar-refractivity contribution in [1.82, 2.24) is 9.88 Å². The molecule has 1 aromatic rings. The largest absolute Gasteiger partial charge is 0.444 e. The lowest BCUT2D eigenvalue weighted by molar-refractivity contribution is 0.0131. The molecule has 27 heavy (non-hydrogen) atoms. The second kappa shape index (κ2) is 9.15. The van der Waals surface area contributed by atoms with E-state index >= 15 is 0 Å². The highest BCUT2D eigenvalue weighted by molar-refractivity contribution is 7.97. The Labute approximate surface area is 167 Å². The van der Waals surface area contributed by atoms with Crippen LogP contribution in [0.3, 0.4) is 0 Å². The van der Waals surface area contributed by atoms with Crippen LogP contribution < -0.4 is 10.5 Å². The summed E-state index contributed by atoms with van der Waals surface area (Å²) >= 11 is 1.16. The average Bonchev–Trinajstić information content (AvgIpc) is 2.88. The summed E-state index contributed by atoms with van der Waals surface area (Å²) in [6.07, 6.45) is 4.15. The van der Waals surface area contributed by atoms with E-state index in [1.54, 1.807) is 0 Å². The number of aromatic nitrogens is 1. The van der Waals surface area contributed by atoms with Gasteiger partial charge in [-0.2, -0.15) is 0 Å². The predicted molar refractivity (Wildman–Crippen MR) is 112 cm³/mol. The second-order valence-electron chi connectivity index (χ2n) is 8.88. The van der Waals surface area contributed by atoms with Crippen molar-refractivity contribution in [3.05, 3.63) is 18.2 Å². The Balaban J connectivity index is 1.73. The maximum Gasteiger partial charge on any atom is 0.410 e. The van der Waals surface area contributed by atoms with Gasteiger partial charge < -0.3 is 15.0 Å². The van der Waals surface area contributed by atoms with E-state index in [2.05, 4.69) is 24.1 Å². The van der Waals surface area contributed by atoms with Crippen molar-refractivity contribution in [3.8, 4) is 0 Å². The molecule has 0 aliphatic carbocycles. The lowest BCUT2D eigenvalue weighted by Crippen LogP contribution is -2.45. The minimum absolute atomic E-state index is 0.143. The maximum atomic E-state index is 12.5. The van der Waals surface area contributed by atoms with Crippen LogP contribution in [-0.2, 0) is 4.74 Å². The van der Waals surface area contributed by atoms with Crippen molar-refractivity contribution in [2.24, 2.45) is 11.1 Å². The highest BCUT2D eigenvalue weighted by Crippen LogP contribution is 2.36. The number of pyridine rings is 1. The van der Waals surface area contributed by atoms with E-state index in [0.717, 1.165) is 61.6 Å². The molecule has 1 atom stereocenters. The van der Waals surface area contributed by atoms with Gasteiger partial charge in [0, 0.05) is 18.6 Å². The monoisotopic (exact) mass is 394 g/mol. The van der Waals surface area contributed by atoms with Gasteiger partial charge in [-0.25, -0.2) is 9.78 Å². The fourth-order valence-corrected chi connectivity index (χ4v) is 3.88. The van der Waals surface area contributed by atoms with Crippen molar-refractivity contribution in [2.45, 2.75) is 76.5 Å². The van der Waals surface area contributed by atoms with Gasteiger partial charge in [-0.3, -0.25) is 5.14 Å². The first-order valence-electron chi connectivity index (χ1n) is 9.69. The van der Waals surface area contributed by atoms with Gasteiger partial charge in [-0.05, 0) is 83.9 Å². The van der Waals surface area contributed by atoms with Gasteiger partial charge >= 0.3 is 6.09 Å². The molecule has 7 heteroatoms. The second-order valence-corrected chi connectivity index (χ2v) is 9.53. The van der Waals surface area contributed by atoms with Gasteiger partial charge in [0.05, 0.1) is 0 Å². The molecule has 2 rings (SSSR count). The van der Waals surface area contributed by atoms with Crippen molar-refractivity contribution >= 4 is 23.9 Å². The number of hydrogen-bond acceptors (Lipinski definition) is 6. The van der Waals surface area contributed by atoms with E-state index in [1.807, 2.05) is 43.9 Å². The summed E-state index contributed by atoms with van der Waals surface area (Å²) in [6.45, 7) is 11.7. The van der Waals surface area contributed by atoms with Gasteiger partial charge in [-0.1, -0.05) is 12.5 Å². The highest BCUT2D eigenvalue weighted by Gasteiger charge is 2.42. The summed E-state index contributed by atoms with van der Waals surface area (Å²) in [6, 6.07) is 5.81. The third-order valence-corrected chi connectivity index (χ3v) is 5.23. The molecule has 1 aliphatic rings. The van der Waals surface area contributed by atoms with Crippen LogP contribution in [0.4, 0.5) is 10.6 Å². The first kappa shape index (κ1) is 21.8. The lowest BCUT2D eigenvalue weighted by atomic mass is 9.93. The Hall–Kier alpha value is -1.47. The van der Waals surface area contributed by atoms with Gasteiger partial charge in [0.1, 0.15) is 16.4 Å². The van der Waals surface area contributed by atoms with Gasteiger partial charge in [-0.15, -0.1) is 0 Å². The third-order valence-electron chi connectivity index (χ3n) is 4.76. The first-order valence-corrected chi connectivity index (χ1v) is 10.6. The molecular weight excluding hydrogens is 360 g/mol. The van der Waals surface area contributed by atoms with Crippen molar-refractivity contribution in [1.29, 1.82) is 0 Å². The molecule has 1 amide bonds. The van der Waals surface area contributed by atoms with Gasteiger partial charge in [0.25, 0.3) is 0 Å². The molecule has 0 saturated carbocycles. The van der Waals surface area contributed by atoms with E-state index in [-0.39, 0.29) is 11.6 Å². The van der Waals surface area contributed by atoms with Crippen LogP contribution >= 0.6 is 11.9 Å². The molecule has 1 fully saturated rings. The van der Waals surface area contributed by atoms with Crippen LogP contribution in [0.5, 0.6) is 0 Å². The topological polar surface area (TPSA) is 80.5 Å². The number of unbranched alkanes of at least 4 members (excludes halogenated alkanes) is 1. The summed E-state index contributed by atoms with van der Waals surface area (Å²) in [5.41, 5.74) is -0.597. The predicted octanol–water partition coefficient (Wildman–Crippen LogP) is 4.67. The number of hydrogen-bond donors (Lipinski definition) is 2. The van der Waals surface area contributed by atoms with E-state index < -0.39 is 5.60 Å². The lowest BCUT2D eigenvalue weighted by Gasteiger charge is -2.33. The standard InChI is InChI=1S/C20H34N4O2S/c1-19(2,3)26-18(25)24-14-15(13-20(24,4)5)9-6-7-12-22-16-10-8-11-17(23-16)27-21/h8,10-11,15H,6-7,9,12-14,21H2,1-5H3,(H,22,23). The van der Waals surface area contributed by atoms with Crippen LogP contribution in [0.15, 0.2) is 23.2 Å². The van der Waals surface area contributed by atoms with Crippen LogP contribution in [0, 0.1) is 5.92 Å². The van der Waals surface area contributed by atoms with Crippen molar-refractivity contribution in [2.75, 3.05) is 18.4 Å². The van der Waals surface area contributed by atoms with Crippen LogP contribution in [-0.4, -0.2) is 40.2 Å². The summed E-state index contributed by atoms with van der Waals surface area (Å²) in [4.78, 5) is 18.8. The smallest absolute Gasteiger partial charge is 0.410 e. The molecule has 0 spiro atoms. The van der Waals surface area contributed by atoms with Crippen LogP contribution in [0.2, 0.25) is 0 Å². The molecule has 6 nitrogen and oxygen atoms in total. The molecule has 0 bridgehead atoms. The average molecular weight is 395 g/mol. The number of nitrogens with two attached hydrogens (primary N) is 1. The third kappa shape index (κ3) is 6.88. The molecule has 1 unspecified atom stereocenters. The molecule has 1 aromatic heterocycles. The fourth-order valence-electron chi connectivity index (χ4n) is 3.57. The van der Waals surface area contributed by atoms with Crippen LogP contribution in [0.1, 0.15) is 60.3 Å². The number of carbonyl (C=O) groups is 1. The molecule has 0 aromatic carbocycles. The molecular formula is C20H34N4O2S. The number of rotatable bonds is 7. The molecule has 1 saturated heterocycles. The van der Waals surface area contributed by atoms with Crippen LogP contribution in [0.25, 0.3) is 0 Å². The molecule has 2 heterocycles. The van der Waals surface area contributed by atoms with Gasteiger partial charge in [0.15, 0.2) is 0 Å². The quantitative estimate of drug-likeness (QED) is 0.517. The fraction of sp³-hybridized carbons (Fsp3) is 0.700. The number of likely N-dealkylation sites (tertiary alicyclic amines) is 1. The first-order chi connectivity index (χ1) is 12.6. The molecule has 0 radical (unpaired) electrons. The summed E-state index contributed by atoms with van der Waals surface area (Å²) in [5.74, 6) is 1.39. The zero-order valence-corrected chi connectivity index (χ0v) is 18.1. The number of amides is 1. The normalized spacial score (nSPS) is 19.2. The molecule has 152 valence electrons. The molecule has 1 aliphatic heterocycles. The Morgan fingerprint density at radius 3 is 2.81 bits per heavy atom. The number of nitrogens with zero attached hydrogens (tertiary/aromatic N) is 2. The van der Waals surface area contributed by atoms with E-state index in [0.29, 0.717) is 5.92 Å². The Morgan fingerprint density at radius 1 is 1.41 bits per heavy atom. The summed E-state index contributed by atoms with van der Waals surface area (Å²) < 4.78 is 5.58. The number of ether oxygens (including phenoxy) is 1. The van der Waals surface area contributed by atoms with E-state index in [9.17, 15) is 4.79 Å². The maximum absolute atomic E-state index is 12.5. The Morgan fingerprint density at radius 2 is 2.15 bits per heavy atom. The number of nitrogens with one attached hydrogen (secondary N) is 1. The Bertz CT molecular complexity index is 631. The van der Waals surface area contributed by atoms with Gasteiger partial charge in [0.2, 0.25) is 0 Å². The summed E-state index contributed by atoms with van der Waals surface area (Å²) in [5, 5.41) is 9.71. The van der Waals surface area contributed by atoms with Crippen molar-refractivity contribution in [3.63, 3.8) is 0 Å². The molecule has 3 N–H and O–H groups in total. The van der Waals surface area contributed by atoms with E-state index in [1.165, 1.54) is 0 Å². The summed E-state index contributed by atoms with van der Waals surface area (Å²) in [7, 11) is 0. The highest BCUT2D eigenvalue weighted by atomic mass is 32.2. The minimum atomic E-state index is -0.454. The Kier molecular flexibility index (Phi) is 7.40. The van der Waals surface area contributed by atoms with Crippen molar-refractivity contribution < 1.29 is 9.53 Å². The zero-order chi connectivity index (χ0) is 20.1. The zero-order valence-electron chi connectivity index (χ0n) is 17.2.